The monoisotopic (exact) mass is 489 g/mol. The Bertz CT molecular complexity index is 958. The first kappa shape index (κ1) is 24.7. The van der Waals surface area contributed by atoms with Gasteiger partial charge in [-0.15, -0.1) is 0 Å². The molecule has 1 N–H and O–H groups in total. The number of aliphatic hydroxyl groups excluding tert-OH is 1. The Morgan fingerprint density at radius 3 is 2.66 bits per heavy atom. The summed E-state index contributed by atoms with van der Waals surface area (Å²) >= 11 is 0. The van der Waals surface area contributed by atoms with Crippen LogP contribution in [0.15, 0.2) is 42.0 Å². The highest BCUT2D eigenvalue weighted by atomic mass is 16.8. The second-order valence-electron chi connectivity index (χ2n) is 11.0. The van der Waals surface area contributed by atoms with Crippen LogP contribution in [0.5, 0.6) is 0 Å². The largest absolute Gasteiger partial charge is 0.444 e. The summed E-state index contributed by atoms with van der Waals surface area (Å²) in [6.07, 6.45) is -2.06. The van der Waals surface area contributed by atoms with Gasteiger partial charge in [-0.25, -0.2) is 4.79 Å². The highest BCUT2D eigenvalue weighted by Crippen LogP contribution is 2.41. The number of amides is 1. The van der Waals surface area contributed by atoms with Crippen LogP contribution >= 0.6 is 0 Å². The molecule has 1 aromatic carbocycles. The van der Waals surface area contributed by atoms with Crippen LogP contribution in [-0.2, 0) is 35.0 Å². The Kier molecular flexibility index (Phi) is 6.44. The van der Waals surface area contributed by atoms with Gasteiger partial charge in [-0.2, -0.15) is 0 Å². The molecule has 0 aliphatic carbocycles. The van der Waals surface area contributed by atoms with Crippen LogP contribution in [-0.4, -0.2) is 83.5 Å². The topological polar surface area (TPSA) is 95.9 Å². The number of hydrogen-bond acceptors (Lipinski definition) is 8. The van der Waals surface area contributed by atoms with Crippen molar-refractivity contribution in [3.8, 4) is 0 Å². The van der Waals surface area contributed by atoms with E-state index in [0.717, 1.165) is 5.56 Å². The van der Waals surface area contributed by atoms with E-state index in [4.69, 9.17) is 28.4 Å². The van der Waals surface area contributed by atoms with E-state index >= 15 is 0 Å². The Labute approximate surface area is 205 Å². The minimum atomic E-state index is -1.12. The summed E-state index contributed by atoms with van der Waals surface area (Å²) in [4.78, 5) is 14.6. The fourth-order valence-corrected chi connectivity index (χ4v) is 5.15. The zero-order valence-electron chi connectivity index (χ0n) is 20.9. The van der Waals surface area contributed by atoms with Crippen LogP contribution in [0, 0.1) is 0 Å². The van der Waals surface area contributed by atoms with Crippen molar-refractivity contribution in [3.63, 3.8) is 0 Å². The SMILES string of the molecule is CC(C)(C)OC(=O)N1CC2OC(C)(C)OC2[C@H]1C(O)C1=C[C@H](OCc2ccccc2)C2CO[C@@H]1O2. The lowest BCUT2D eigenvalue weighted by molar-refractivity contribution is -0.166. The average Bonchev–Trinajstić information content (AvgIpc) is 3.42. The van der Waals surface area contributed by atoms with Crippen LogP contribution in [0.1, 0.15) is 40.2 Å². The Morgan fingerprint density at radius 1 is 1.20 bits per heavy atom. The van der Waals surface area contributed by atoms with Gasteiger partial charge in [0.1, 0.15) is 36.1 Å². The third-order valence-corrected chi connectivity index (χ3v) is 6.58. The smallest absolute Gasteiger partial charge is 0.410 e. The Balaban J connectivity index is 1.39. The van der Waals surface area contributed by atoms with Crippen LogP contribution in [0.2, 0.25) is 0 Å². The van der Waals surface area contributed by atoms with Crippen LogP contribution in [0.3, 0.4) is 0 Å². The van der Waals surface area contributed by atoms with Gasteiger partial charge in [0.05, 0.1) is 25.8 Å². The van der Waals surface area contributed by atoms with Gasteiger partial charge in [-0.1, -0.05) is 30.3 Å². The van der Waals surface area contributed by atoms with Crippen molar-refractivity contribution in [1.29, 1.82) is 0 Å². The molecule has 0 radical (unpaired) electrons. The second-order valence-corrected chi connectivity index (χ2v) is 11.0. The molecule has 0 spiro atoms. The third-order valence-electron chi connectivity index (χ3n) is 6.58. The number of carbonyl (C=O) groups excluding carboxylic acids is 1. The number of fused-ring (bicyclic) bond motifs is 3. The maximum atomic E-state index is 13.1. The lowest BCUT2D eigenvalue weighted by Gasteiger charge is -2.37. The normalized spacial score (nSPS) is 34.5. The molecule has 9 nitrogen and oxygen atoms in total. The van der Waals surface area contributed by atoms with Gasteiger partial charge in [-0.05, 0) is 46.3 Å². The maximum Gasteiger partial charge on any atom is 0.410 e. The average molecular weight is 490 g/mol. The number of aliphatic hydroxyl groups is 1. The summed E-state index contributed by atoms with van der Waals surface area (Å²) in [6.45, 7) is 10.1. The van der Waals surface area contributed by atoms with Crippen molar-refractivity contribution in [1.82, 2.24) is 4.90 Å². The van der Waals surface area contributed by atoms with E-state index in [-0.39, 0.29) is 18.8 Å². The van der Waals surface area contributed by atoms with Crippen molar-refractivity contribution in [2.24, 2.45) is 0 Å². The van der Waals surface area contributed by atoms with Gasteiger partial charge >= 0.3 is 6.09 Å². The maximum absolute atomic E-state index is 13.1. The highest BCUT2D eigenvalue weighted by Gasteiger charge is 2.58. The minimum absolute atomic E-state index is 0.251. The van der Waals surface area contributed by atoms with E-state index in [9.17, 15) is 9.90 Å². The Hall–Kier alpha value is -2.01. The summed E-state index contributed by atoms with van der Waals surface area (Å²) in [5, 5.41) is 11.7. The second kappa shape index (κ2) is 9.14. The van der Waals surface area contributed by atoms with Crippen LogP contribution in [0.25, 0.3) is 0 Å². The predicted molar refractivity (Wildman–Crippen MR) is 124 cm³/mol. The standard InChI is InChI=1S/C26H35NO8/c1-25(2,3)35-24(29)27-12-18-22(34-26(4,5)33-18)20(27)21(28)16-11-17(19-14-31-23(16)32-19)30-13-15-9-7-6-8-10-15/h6-11,17-23,28H,12-14H2,1-5H3/t17-,18?,19?,20+,21?,22?,23+/m0/s1. The van der Waals surface area contributed by atoms with Gasteiger partial charge in [0, 0.05) is 5.57 Å². The summed E-state index contributed by atoms with van der Waals surface area (Å²) in [7, 11) is 0. The summed E-state index contributed by atoms with van der Waals surface area (Å²) in [5.41, 5.74) is 0.873. The van der Waals surface area contributed by atoms with E-state index in [1.807, 2.05) is 71.0 Å². The van der Waals surface area contributed by atoms with Crippen LogP contribution < -0.4 is 0 Å². The van der Waals surface area contributed by atoms with Crippen LogP contribution in [0.4, 0.5) is 4.79 Å². The fraction of sp³-hybridized carbons (Fsp3) is 0.654. The van der Waals surface area contributed by atoms with Crippen molar-refractivity contribution in [2.45, 2.75) is 95.5 Å². The third kappa shape index (κ3) is 5.12. The first-order valence-corrected chi connectivity index (χ1v) is 12.2. The van der Waals surface area contributed by atoms with E-state index in [1.54, 1.807) is 0 Å². The molecular formula is C26H35NO8. The molecule has 5 rings (SSSR count). The molecule has 0 aromatic heterocycles. The zero-order valence-corrected chi connectivity index (χ0v) is 20.9. The van der Waals surface area contributed by atoms with Gasteiger partial charge in [0.15, 0.2) is 12.1 Å². The number of likely N-dealkylation sites (tertiary alicyclic amines) is 1. The predicted octanol–water partition coefficient (Wildman–Crippen LogP) is 2.75. The van der Waals surface area contributed by atoms with E-state index < -0.39 is 48.1 Å². The summed E-state index contributed by atoms with van der Waals surface area (Å²) in [5.74, 6) is -0.818. The Morgan fingerprint density at radius 2 is 1.94 bits per heavy atom. The minimum Gasteiger partial charge on any atom is -0.444 e. The first-order valence-electron chi connectivity index (χ1n) is 12.2. The molecule has 4 heterocycles. The molecule has 4 aliphatic heterocycles. The van der Waals surface area contributed by atoms with E-state index in [0.29, 0.717) is 18.8 Å². The van der Waals surface area contributed by atoms with Crippen molar-refractivity contribution in [3.05, 3.63) is 47.5 Å². The van der Waals surface area contributed by atoms with E-state index in [2.05, 4.69) is 0 Å². The van der Waals surface area contributed by atoms with Crippen molar-refractivity contribution < 1.29 is 38.3 Å². The molecule has 192 valence electrons. The summed E-state index contributed by atoms with van der Waals surface area (Å²) in [6, 6.07) is 9.13. The first-order chi connectivity index (χ1) is 16.5. The van der Waals surface area contributed by atoms with Gasteiger partial charge in [0.25, 0.3) is 0 Å². The molecular weight excluding hydrogens is 454 g/mol. The molecule has 4 aliphatic rings. The van der Waals surface area contributed by atoms with Gasteiger partial charge < -0.3 is 33.5 Å². The molecule has 9 heteroatoms. The number of ether oxygens (including phenoxy) is 6. The molecule has 1 amide bonds. The van der Waals surface area contributed by atoms with E-state index in [1.165, 1.54) is 4.90 Å². The lowest BCUT2D eigenvalue weighted by Crippen LogP contribution is -2.52. The summed E-state index contributed by atoms with van der Waals surface area (Å²) < 4.78 is 35.8. The lowest BCUT2D eigenvalue weighted by atomic mass is 9.94. The molecule has 35 heavy (non-hydrogen) atoms. The van der Waals surface area contributed by atoms with Crippen molar-refractivity contribution >= 4 is 6.09 Å². The molecule has 1 aromatic rings. The molecule has 2 bridgehead atoms. The van der Waals surface area contributed by atoms with Gasteiger partial charge in [0.2, 0.25) is 0 Å². The molecule has 0 saturated carbocycles. The molecule has 4 unspecified atom stereocenters. The zero-order chi connectivity index (χ0) is 25.0. The quantitative estimate of drug-likeness (QED) is 0.631. The number of nitrogens with zero attached hydrogens (tertiary/aromatic N) is 1. The number of carbonyl (C=O) groups is 1. The number of rotatable bonds is 5. The molecule has 3 saturated heterocycles. The highest BCUT2D eigenvalue weighted by molar-refractivity contribution is 5.69. The van der Waals surface area contributed by atoms with Crippen molar-refractivity contribution in [2.75, 3.05) is 13.2 Å². The fourth-order valence-electron chi connectivity index (χ4n) is 5.15. The molecule has 7 atom stereocenters. The van der Waals surface area contributed by atoms with Gasteiger partial charge in [-0.3, -0.25) is 4.90 Å². The number of benzene rings is 1. The molecule has 3 fully saturated rings. The number of hydrogen-bond donors (Lipinski definition) is 1.